The highest BCUT2D eigenvalue weighted by Crippen LogP contribution is 2.41. The van der Waals surface area contributed by atoms with E-state index >= 15 is 0 Å². The Morgan fingerprint density at radius 2 is 1.97 bits per heavy atom. The van der Waals surface area contributed by atoms with Crippen molar-refractivity contribution in [2.45, 2.75) is 37.9 Å². The lowest BCUT2D eigenvalue weighted by atomic mass is 9.85. The third kappa shape index (κ3) is 4.70. The number of nitrogens with zero attached hydrogens (tertiary/aromatic N) is 4. The third-order valence-electron chi connectivity index (χ3n) is 6.42. The van der Waals surface area contributed by atoms with E-state index in [1.54, 1.807) is 6.26 Å². The number of hydrogen-bond donors (Lipinski definition) is 1. The molecular weight excluding hydrogens is 461 g/mol. The number of carbonyl (C=O) groups is 1. The minimum absolute atomic E-state index is 0.168. The molecule has 0 atom stereocenters. The molecule has 34 heavy (non-hydrogen) atoms. The molecule has 12 heteroatoms. The van der Waals surface area contributed by atoms with Gasteiger partial charge in [0, 0.05) is 50.4 Å². The summed E-state index contributed by atoms with van der Waals surface area (Å²) in [7, 11) is 0. The van der Waals surface area contributed by atoms with Crippen molar-refractivity contribution in [1.82, 2.24) is 20.0 Å². The van der Waals surface area contributed by atoms with Gasteiger partial charge < -0.3 is 9.64 Å². The molecule has 3 heterocycles. The molecular formula is C22H22F5N5O2. The van der Waals surface area contributed by atoms with Gasteiger partial charge in [0.2, 0.25) is 0 Å². The monoisotopic (exact) mass is 483 g/mol. The predicted molar refractivity (Wildman–Crippen MR) is 108 cm³/mol. The Labute approximate surface area is 192 Å². The Morgan fingerprint density at radius 1 is 1.24 bits per heavy atom. The first kappa shape index (κ1) is 23.9. The standard InChI is InChI=1S/C22H22F5N5O2/c23-16-2-1-14(18(19(16)24)22(25,26)27)13-3-7-32(8-4-13)21(33)20-15-11-31(9-10-34-12-28)6-5-17(15)29-30-20/h1-2,13H,3-11H2,(H,29,30). The number of piperidine rings is 1. The van der Waals surface area contributed by atoms with Crippen LogP contribution in [0.25, 0.3) is 0 Å². The molecule has 0 saturated carbocycles. The number of H-pyrrole nitrogens is 1. The number of likely N-dealkylation sites (tertiary alicyclic amines) is 1. The fraction of sp³-hybridized carbons (Fsp3) is 0.500. The van der Waals surface area contributed by atoms with Crippen LogP contribution in [0.15, 0.2) is 12.1 Å². The lowest BCUT2D eigenvalue weighted by Gasteiger charge is -2.33. The van der Waals surface area contributed by atoms with Gasteiger partial charge in [-0.2, -0.15) is 23.5 Å². The van der Waals surface area contributed by atoms with Crippen LogP contribution in [-0.4, -0.2) is 58.7 Å². The van der Waals surface area contributed by atoms with Gasteiger partial charge in [-0.05, 0) is 30.4 Å². The van der Waals surface area contributed by atoms with Crippen LogP contribution in [0, 0.1) is 23.2 Å². The molecule has 2 aromatic rings. The van der Waals surface area contributed by atoms with Gasteiger partial charge in [-0.25, -0.2) is 8.78 Å². The second-order valence-electron chi connectivity index (χ2n) is 8.39. The predicted octanol–water partition coefficient (Wildman–Crippen LogP) is 3.58. The Balaban J connectivity index is 1.45. The van der Waals surface area contributed by atoms with Crippen LogP contribution in [0.5, 0.6) is 0 Å². The molecule has 182 valence electrons. The topological polar surface area (TPSA) is 85.2 Å². The number of rotatable bonds is 5. The quantitative estimate of drug-likeness (QED) is 0.399. The van der Waals surface area contributed by atoms with E-state index in [0.29, 0.717) is 25.6 Å². The van der Waals surface area contributed by atoms with Gasteiger partial charge in [0.25, 0.3) is 12.2 Å². The van der Waals surface area contributed by atoms with Crippen molar-refractivity contribution < 1.29 is 31.5 Å². The van der Waals surface area contributed by atoms with Crippen molar-refractivity contribution in [1.29, 1.82) is 5.26 Å². The summed E-state index contributed by atoms with van der Waals surface area (Å²) in [6, 6.07) is 1.69. The lowest BCUT2D eigenvalue weighted by Crippen LogP contribution is -2.39. The van der Waals surface area contributed by atoms with Crippen LogP contribution in [-0.2, 0) is 23.9 Å². The van der Waals surface area contributed by atoms with Crippen LogP contribution >= 0.6 is 0 Å². The van der Waals surface area contributed by atoms with E-state index < -0.39 is 29.3 Å². The van der Waals surface area contributed by atoms with Gasteiger partial charge in [-0.1, -0.05) is 6.07 Å². The number of halogens is 5. The zero-order valence-corrected chi connectivity index (χ0v) is 18.1. The van der Waals surface area contributed by atoms with Crippen molar-refractivity contribution in [2.24, 2.45) is 0 Å². The van der Waals surface area contributed by atoms with Crippen molar-refractivity contribution >= 4 is 5.91 Å². The lowest BCUT2D eigenvalue weighted by molar-refractivity contribution is -0.141. The van der Waals surface area contributed by atoms with E-state index in [1.807, 2.05) is 4.90 Å². The molecule has 1 aromatic carbocycles. The first-order valence-electron chi connectivity index (χ1n) is 10.8. The molecule has 1 amide bonds. The molecule has 1 aromatic heterocycles. The van der Waals surface area contributed by atoms with E-state index in [1.165, 1.54) is 4.90 Å². The molecule has 1 fully saturated rings. The maximum Gasteiger partial charge on any atom is 0.419 e. The average molecular weight is 483 g/mol. The van der Waals surface area contributed by atoms with E-state index in [0.717, 1.165) is 23.9 Å². The Kier molecular flexibility index (Phi) is 6.74. The molecule has 0 unspecified atom stereocenters. The summed E-state index contributed by atoms with van der Waals surface area (Å²) in [6.07, 6.45) is -2.38. The van der Waals surface area contributed by atoms with Crippen molar-refractivity contribution in [3.8, 4) is 6.26 Å². The number of amides is 1. The second kappa shape index (κ2) is 9.58. The summed E-state index contributed by atoms with van der Waals surface area (Å²) < 4.78 is 72.4. The van der Waals surface area contributed by atoms with E-state index in [9.17, 15) is 26.7 Å². The minimum atomic E-state index is -5.02. The number of hydrogen-bond acceptors (Lipinski definition) is 5. The largest absolute Gasteiger partial charge is 0.426 e. The highest BCUT2D eigenvalue weighted by atomic mass is 19.4. The number of ether oxygens (including phenoxy) is 1. The molecule has 1 saturated heterocycles. The van der Waals surface area contributed by atoms with E-state index in [4.69, 9.17) is 10.00 Å². The number of aromatic amines is 1. The average Bonchev–Trinajstić information content (AvgIpc) is 3.23. The maximum absolute atomic E-state index is 14.0. The first-order chi connectivity index (χ1) is 16.2. The van der Waals surface area contributed by atoms with Gasteiger partial charge in [0.05, 0.1) is 5.56 Å². The van der Waals surface area contributed by atoms with Crippen LogP contribution in [0.1, 0.15) is 51.6 Å². The fourth-order valence-electron chi connectivity index (χ4n) is 4.68. The zero-order chi connectivity index (χ0) is 24.5. The number of alkyl halides is 3. The van der Waals surface area contributed by atoms with E-state index in [-0.39, 0.29) is 49.7 Å². The Bertz CT molecular complexity index is 1100. The molecule has 2 aliphatic rings. The summed E-state index contributed by atoms with van der Waals surface area (Å²) in [6.45, 7) is 2.28. The van der Waals surface area contributed by atoms with Crippen LogP contribution < -0.4 is 0 Å². The highest BCUT2D eigenvalue weighted by molar-refractivity contribution is 5.94. The molecule has 0 bridgehead atoms. The number of nitriles is 1. The van der Waals surface area contributed by atoms with Gasteiger partial charge >= 0.3 is 6.18 Å². The number of carbonyl (C=O) groups excluding carboxylic acids is 1. The second-order valence-corrected chi connectivity index (χ2v) is 8.39. The summed E-state index contributed by atoms with van der Waals surface area (Å²) in [5, 5.41) is 15.6. The molecule has 1 N–H and O–H groups in total. The van der Waals surface area contributed by atoms with Crippen molar-refractivity contribution in [2.75, 3.05) is 32.8 Å². The number of benzene rings is 1. The van der Waals surface area contributed by atoms with Crippen LogP contribution in [0.4, 0.5) is 22.0 Å². The molecule has 4 rings (SSSR count). The minimum Gasteiger partial charge on any atom is -0.426 e. The Hall–Kier alpha value is -3.20. The van der Waals surface area contributed by atoms with E-state index in [2.05, 4.69) is 10.2 Å². The van der Waals surface area contributed by atoms with Gasteiger partial charge in [-0.15, -0.1) is 0 Å². The molecule has 0 aliphatic carbocycles. The Morgan fingerprint density at radius 3 is 2.65 bits per heavy atom. The SMILES string of the molecule is N#COCCN1CCc2[nH]nc(C(=O)N3CCC(c4ccc(F)c(F)c4C(F)(F)F)CC3)c2C1. The number of fused-ring (bicyclic) bond motifs is 1. The first-order valence-corrected chi connectivity index (χ1v) is 10.8. The fourth-order valence-corrected chi connectivity index (χ4v) is 4.68. The summed E-state index contributed by atoms with van der Waals surface area (Å²) in [5.41, 5.74) is 0.0238. The number of nitrogens with one attached hydrogen (secondary N) is 1. The molecule has 0 spiro atoms. The van der Waals surface area contributed by atoms with Gasteiger partial charge in [0.1, 0.15) is 6.61 Å². The third-order valence-corrected chi connectivity index (χ3v) is 6.42. The summed E-state index contributed by atoms with van der Waals surface area (Å²) in [5.74, 6) is -4.41. The molecule has 2 aliphatic heterocycles. The zero-order valence-electron chi connectivity index (χ0n) is 18.1. The van der Waals surface area contributed by atoms with Crippen molar-refractivity contribution in [3.63, 3.8) is 0 Å². The maximum atomic E-state index is 14.0. The molecule has 7 nitrogen and oxygen atoms in total. The van der Waals surface area contributed by atoms with Crippen LogP contribution in [0.2, 0.25) is 0 Å². The van der Waals surface area contributed by atoms with Crippen molar-refractivity contribution in [3.05, 3.63) is 51.8 Å². The smallest absolute Gasteiger partial charge is 0.419 e. The number of aromatic nitrogens is 2. The van der Waals surface area contributed by atoms with Gasteiger partial charge in [-0.3, -0.25) is 14.8 Å². The van der Waals surface area contributed by atoms with Gasteiger partial charge in [0.15, 0.2) is 17.3 Å². The summed E-state index contributed by atoms with van der Waals surface area (Å²) >= 11 is 0. The van der Waals surface area contributed by atoms with Crippen LogP contribution in [0.3, 0.4) is 0 Å². The normalized spacial score (nSPS) is 17.4. The highest BCUT2D eigenvalue weighted by Gasteiger charge is 2.41. The molecule has 0 radical (unpaired) electrons. The summed E-state index contributed by atoms with van der Waals surface area (Å²) in [4.78, 5) is 16.7.